The molecule has 3 aliphatic rings. The van der Waals surface area contributed by atoms with Crippen molar-refractivity contribution in [3.05, 3.63) is 42.0 Å². The number of fused-ring (bicyclic) bond motifs is 1. The van der Waals surface area contributed by atoms with E-state index in [0.717, 1.165) is 17.7 Å². The zero-order valence-electron chi connectivity index (χ0n) is 18.1. The third kappa shape index (κ3) is 3.26. The van der Waals surface area contributed by atoms with Crippen LogP contribution in [0.3, 0.4) is 0 Å². The number of benzene rings is 1. The summed E-state index contributed by atoms with van der Waals surface area (Å²) in [5, 5.41) is 0. The zero-order chi connectivity index (χ0) is 21.6. The van der Waals surface area contributed by atoms with Crippen molar-refractivity contribution < 1.29 is 18.7 Å². The van der Waals surface area contributed by atoms with Crippen molar-refractivity contribution >= 4 is 20.1 Å². The minimum absolute atomic E-state index is 0.351. The van der Waals surface area contributed by atoms with Crippen LogP contribution < -0.4 is 4.90 Å². The van der Waals surface area contributed by atoms with E-state index in [2.05, 4.69) is 43.3 Å². The molecule has 1 amide bonds. The van der Waals surface area contributed by atoms with Gasteiger partial charge in [0.2, 0.25) is 0 Å². The first kappa shape index (κ1) is 20.7. The van der Waals surface area contributed by atoms with Gasteiger partial charge in [-0.2, -0.15) is 0 Å². The zero-order valence-corrected chi connectivity index (χ0v) is 19.1. The van der Waals surface area contributed by atoms with Crippen LogP contribution in [0.25, 0.3) is 0 Å². The maximum atomic E-state index is 13.0. The highest BCUT2D eigenvalue weighted by molar-refractivity contribution is 6.69. The molecule has 1 saturated heterocycles. The largest absolute Gasteiger partial charge is 0.449 e. The molecule has 1 aromatic rings. The van der Waals surface area contributed by atoms with Gasteiger partial charge in [-0.25, -0.2) is 4.79 Å². The number of hydrogen-bond acceptors (Lipinski definition) is 4. The molecule has 5 nitrogen and oxygen atoms in total. The summed E-state index contributed by atoms with van der Waals surface area (Å²) in [6.07, 6.45) is 3.42. The van der Waals surface area contributed by atoms with E-state index in [0.29, 0.717) is 6.61 Å². The molecule has 0 N–H and O–H groups in total. The fourth-order valence-electron chi connectivity index (χ4n) is 4.41. The van der Waals surface area contributed by atoms with Crippen LogP contribution in [0, 0.1) is 23.7 Å². The molecule has 2 aliphatic heterocycles. The number of nitrogens with zero attached hydrogens (tertiary/aromatic N) is 1. The molecule has 6 heteroatoms. The molecule has 2 heterocycles. The highest BCUT2D eigenvalue weighted by Gasteiger charge is 2.75. The first-order valence-corrected chi connectivity index (χ1v) is 13.8. The summed E-state index contributed by atoms with van der Waals surface area (Å²) < 4.78 is 18.6. The second-order valence-corrected chi connectivity index (χ2v) is 13.3. The van der Waals surface area contributed by atoms with E-state index in [-0.39, 0.29) is 6.10 Å². The Labute approximate surface area is 179 Å². The molecule has 0 saturated carbocycles. The highest BCUT2D eigenvalue weighted by atomic mass is 28.4. The number of epoxide rings is 1. The smallest absolute Gasteiger partial charge is 0.415 e. The van der Waals surface area contributed by atoms with Crippen molar-refractivity contribution in [3.8, 4) is 23.7 Å². The third-order valence-corrected chi connectivity index (χ3v) is 6.44. The minimum atomic E-state index is -1.99. The lowest BCUT2D eigenvalue weighted by molar-refractivity contribution is 0.0429. The summed E-state index contributed by atoms with van der Waals surface area (Å²) in [5.74, 6) is 12.6. The number of carbonyl (C=O) groups is 1. The molecule has 4 rings (SSSR count). The Morgan fingerprint density at radius 1 is 1.23 bits per heavy atom. The number of ether oxygens (including phenoxy) is 2. The van der Waals surface area contributed by atoms with E-state index < -0.39 is 31.7 Å². The van der Waals surface area contributed by atoms with Gasteiger partial charge in [-0.05, 0) is 51.2 Å². The Morgan fingerprint density at radius 3 is 2.70 bits per heavy atom. The topological polar surface area (TPSA) is 51.3 Å². The molecule has 1 aliphatic carbocycles. The first-order chi connectivity index (χ1) is 14.2. The van der Waals surface area contributed by atoms with Crippen LogP contribution in [0.2, 0.25) is 19.6 Å². The number of allylic oxidation sites excluding steroid dienone is 2. The van der Waals surface area contributed by atoms with E-state index in [1.807, 2.05) is 38.1 Å². The summed E-state index contributed by atoms with van der Waals surface area (Å²) >= 11 is 0. The molecule has 2 bridgehead atoms. The van der Waals surface area contributed by atoms with E-state index in [1.165, 1.54) is 0 Å². The number of para-hydroxylation sites is 1. The van der Waals surface area contributed by atoms with Gasteiger partial charge < -0.3 is 13.9 Å². The summed E-state index contributed by atoms with van der Waals surface area (Å²) in [5.41, 5.74) is -0.0353. The molecule has 4 atom stereocenters. The van der Waals surface area contributed by atoms with Crippen LogP contribution in [-0.2, 0) is 19.5 Å². The van der Waals surface area contributed by atoms with Crippen LogP contribution in [0.15, 0.2) is 36.4 Å². The second kappa shape index (κ2) is 7.32. The standard InChI is InChI=1S/C24H27NO4Si/c1-6-17-27-22(26)25-19-14-11-10-13-18(19)24-21(28-24)20(25)15-9-7-8-12-16-23(24,2)29-30(3,4)5/h7-8,10-11,13-14,20-21H,6,17H2,1-5H3/b8-7-/t20-,21-,23+,24+/m0/s1. The average Bonchev–Trinajstić information content (AvgIpc) is 3.45. The monoisotopic (exact) mass is 421 g/mol. The predicted molar refractivity (Wildman–Crippen MR) is 118 cm³/mol. The Kier molecular flexibility index (Phi) is 5.06. The van der Waals surface area contributed by atoms with Gasteiger partial charge in [0.15, 0.2) is 19.5 Å². The number of anilines is 1. The summed E-state index contributed by atoms with van der Waals surface area (Å²) in [6.45, 7) is 10.8. The maximum absolute atomic E-state index is 13.0. The molecule has 0 unspecified atom stereocenters. The van der Waals surface area contributed by atoms with Crippen LogP contribution >= 0.6 is 0 Å². The third-order valence-electron chi connectivity index (χ3n) is 5.42. The maximum Gasteiger partial charge on any atom is 0.415 e. The van der Waals surface area contributed by atoms with Crippen molar-refractivity contribution in [2.45, 2.75) is 63.3 Å². The lowest BCUT2D eigenvalue weighted by Crippen LogP contribution is -2.56. The van der Waals surface area contributed by atoms with Gasteiger partial charge >= 0.3 is 6.09 Å². The van der Waals surface area contributed by atoms with Gasteiger partial charge in [0, 0.05) is 5.56 Å². The summed E-state index contributed by atoms with van der Waals surface area (Å²) in [7, 11) is -1.99. The van der Waals surface area contributed by atoms with Gasteiger partial charge in [0.1, 0.15) is 12.1 Å². The Morgan fingerprint density at radius 2 is 1.97 bits per heavy atom. The van der Waals surface area contributed by atoms with Gasteiger partial charge in [-0.15, -0.1) is 0 Å². The quantitative estimate of drug-likeness (QED) is 0.415. The minimum Gasteiger partial charge on any atom is -0.449 e. The van der Waals surface area contributed by atoms with E-state index >= 15 is 0 Å². The molecule has 0 aromatic heterocycles. The summed E-state index contributed by atoms with van der Waals surface area (Å²) in [4.78, 5) is 14.7. The fraction of sp³-hybridized carbons (Fsp3) is 0.458. The molecule has 0 radical (unpaired) electrons. The van der Waals surface area contributed by atoms with Gasteiger partial charge in [-0.3, -0.25) is 4.90 Å². The van der Waals surface area contributed by atoms with E-state index in [9.17, 15) is 4.79 Å². The van der Waals surface area contributed by atoms with Crippen molar-refractivity contribution in [2.75, 3.05) is 11.5 Å². The molecule has 30 heavy (non-hydrogen) atoms. The van der Waals surface area contributed by atoms with Gasteiger partial charge in [-0.1, -0.05) is 48.8 Å². The molecule has 0 spiro atoms. The van der Waals surface area contributed by atoms with Crippen LogP contribution in [0.4, 0.5) is 10.5 Å². The number of carbonyl (C=O) groups excluding carboxylic acids is 1. The van der Waals surface area contributed by atoms with Crippen molar-refractivity contribution in [3.63, 3.8) is 0 Å². The predicted octanol–water partition coefficient (Wildman–Crippen LogP) is 4.20. The SMILES string of the molecule is CCCOC(=O)N1c2ccccc2[C@@]23O[C@H]2[C@@H]1C#C/C=C\C#C[C@@]3(C)O[Si](C)(C)C. The fourth-order valence-corrected chi connectivity index (χ4v) is 5.83. The van der Waals surface area contributed by atoms with Gasteiger partial charge in [0.25, 0.3) is 0 Å². The van der Waals surface area contributed by atoms with Crippen molar-refractivity contribution in [1.29, 1.82) is 0 Å². The van der Waals surface area contributed by atoms with Gasteiger partial charge in [0.05, 0.1) is 12.3 Å². The van der Waals surface area contributed by atoms with Crippen LogP contribution in [0.1, 0.15) is 25.8 Å². The molecule has 156 valence electrons. The van der Waals surface area contributed by atoms with Crippen LogP contribution in [-0.4, -0.2) is 38.8 Å². The normalized spacial score (nSPS) is 31.7. The number of hydrogen-bond donors (Lipinski definition) is 0. The number of rotatable bonds is 4. The van der Waals surface area contributed by atoms with Crippen molar-refractivity contribution in [1.82, 2.24) is 0 Å². The first-order valence-electron chi connectivity index (χ1n) is 10.4. The summed E-state index contributed by atoms with van der Waals surface area (Å²) in [6, 6.07) is 7.29. The van der Waals surface area contributed by atoms with Crippen molar-refractivity contribution in [2.24, 2.45) is 0 Å². The molecular weight excluding hydrogens is 394 g/mol. The Hall–Kier alpha value is -2.51. The lowest BCUT2D eigenvalue weighted by atomic mass is 9.75. The van der Waals surface area contributed by atoms with Crippen LogP contribution in [0.5, 0.6) is 0 Å². The average molecular weight is 422 g/mol. The Balaban J connectivity index is 1.91. The second-order valence-electron chi connectivity index (χ2n) is 8.86. The van der Waals surface area contributed by atoms with E-state index in [1.54, 1.807) is 17.1 Å². The molecule has 1 fully saturated rings. The highest BCUT2D eigenvalue weighted by Crippen LogP contribution is 2.62. The van der Waals surface area contributed by atoms with E-state index in [4.69, 9.17) is 13.9 Å². The molecular formula is C24H27NO4Si. The Bertz CT molecular complexity index is 1020. The number of amides is 1. The molecule has 1 aromatic carbocycles. The lowest BCUT2D eigenvalue weighted by Gasteiger charge is -2.42.